The van der Waals surface area contributed by atoms with Crippen LogP contribution in [0.2, 0.25) is 0 Å². The SMILES string of the molecule is CCCCCCCCOC(=O)c1ccc(C=O)n1C. The Balaban J connectivity index is 2.24. The molecule has 0 spiro atoms. The van der Waals surface area contributed by atoms with E-state index in [9.17, 15) is 9.59 Å². The highest BCUT2D eigenvalue weighted by atomic mass is 16.5. The van der Waals surface area contributed by atoms with Gasteiger partial charge in [-0.05, 0) is 18.6 Å². The van der Waals surface area contributed by atoms with Crippen LogP contribution in [-0.4, -0.2) is 23.4 Å². The number of rotatable bonds is 9. The summed E-state index contributed by atoms with van der Waals surface area (Å²) in [7, 11) is 1.69. The molecule has 0 amide bonds. The molecule has 0 fully saturated rings. The first kappa shape index (κ1) is 15.5. The summed E-state index contributed by atoms with van der Waals surface area (Å²) in [6.07, 6.45) is 7.69. The molecule has 19 heavy (non-hydrogen) atoms. The van der Waals surface area contributed by atoms with E-state index in [2.05, 4.69) is 6.92 Å². The standard InChI is InChI=1S/C15H23NO3/c1-3-4-5-6-7-8-11-19-15(18)14-10-9-13(12-17)16(14)2/h9-10,12H,3-8,11H2,1-2H3. The van der Waals surface area contributed by atoms with Gasteiger partial charge in [0, 0.05) is 7.05 Å². The number of nitrogens with zero attached hydrogens (tertiary/aromatic N) is 1. The third-order valence-corrected chi connectivity index (χ3v) is 3.22. The molecule has 106 valence electrons. The van der Waals surface area contributed by atoms with Gasteiger partial charge in [0.25, 0.3) is 0 Å². The van der Waals surface area contributed by atoms with Crippen molar-refractivity contribution in [3.8, 4) is 0 Å². The van der Waals surface area contributed by atoms with Crippen LogP contribution in [0.25, 0.3) is 0 Å². The molecule has 0 radical (unpaired) electrons. The zero-order chi connectivity index (χ0) is 14.1. The number of unbranched alkanes of at least 4 members (excludes halogenated alkanes) is 5. The van der Waals surface area contributed by atoms with Crippen molar-refractivity contribution in [1.82, 2.24) is 4.57 Å². The first-order valence-corrected chi connectivity index (χ1v) is 6.98. The van der Waals surface area contributed by atoms with Crippen LogP contribution in [0.5, 0.6) is 0 Å². The van der Waals surface area contributed by atoms with Gasteiger partial charge in [0.05, 0.1) is 12.3 Å². The van der Waals surface area contributed by atoms with Crippen LogP contribution in [0.15, 0.2) is 12.1 Å². The normalized spacial score (nSPS) is 10.4. The number of esters is 1. The van der Waals surface area contributed by atoms with Crippen LogP contribution < -0.4 is 0 Å². The summed E-state index contributed by atoms with van der Waals surface area (Å²) in [5.74, 6) is -0.357. The largest absolute Gasteiger partial charge is 0.461 e. The van der Waals surface area contributed by atoms with Gasteiger partial charge in [-0.25, -0.2) is 4.79 Å². The van der Waals surface area contributed by atoms with Crippen LogP contribution in [0.1, 0.15) is 66.4 Å². The van der Waals surface area contributed by atoms with Gasteiger partial charge in [-0.15, -0.1) is 0 Å². The minimum Gasteiger partial charge on any atom is -0.461 e. The van der Waals surface area contributed by atoms with E-state index >= 15 is 0 Å². The predicted molar refractivity (Wildman–Crippen MR) is 74.5 cm³/mol. The topological polar surface area (TPSA) is 48.3 Å². The van der Waals surface area contributed by atoms with Crippen molar-refractivity contribution < 1.29 is 14.3 Å². The molecule has 0 unspecified atom stereocenters. The van der Waals surface area contributed by atoms with E-state index in [1.807, 2.05) is 0 Å². The first-order chi connectivity index (χ1) is 9.20. The predicted octanol–water partition coefficient (Wildman–Crippen LogP) is 3.35. The smallest absolute Gasteiger partial charge is 0.354 e. The van der Waals surface area contributed by atoms with Crippen molar-refractivity contribution >= 4 is 12.3 Å². The lowest BCUT2D eigenvalue weighted by Crippen LogP contribution is -2.12. The lowest BCUT2D eigenvalue weighted by molar-refractivity contribution is 0.0486. The Morgan fingerprint density at radius 3 is 2.53 bits per heavy atom. The number of aldehydes is 1. The van der Waals surface area contributed by atoms with E-state index in [1.165, 1.54) is 25.7 Å². The summed E-state index contributed by atoms with van der Waals surface area (Å²) >= 11 is 0. The molecule has 0 aromatic carbocycles. The van der Waals surface area contributed by atoms with Gasteiger partial charge in [-0.3, -0.25) is 4.79 Å². The molecule has 0 aliphatic carbocycles. The Morgan fingerprint density at radius 2 is 1.89 bits per heavy atom. The number of ether oxygens (including phenoxy) is 1. The van der Waals surface area contributed by atoms with Crippen LogP contribution in [0.3, 0.4) is 0 Å². The third-order valence-electron chi connectivity index (χ3n) is 3.22. The Kier molecular flexibility index (Phi) is 6.93. The molecule has 1 aromatic rings. The summed E-state index contributed by atoms with van der Waals surface area (Å²) in [5.41, 5.74) is 0.902. The monoisotopic (exact) mass is 265 g/mol. The van der Waals surface area contributed by atoms with E-state index in [-0.39, 0.29) is 5.97 Å². The van der Waals surface area contributed by atoms with Crippen LogP contribution >= 0.6 is 0 Å². The van der Waals surface area contributed by atoms with Crippen molar-refractivity contribution in [3.63, 3.8) is 0 Å². The molecule has 0 N–H and O–H groups in total. The first-order valence-electron chi connectivity index (χ1n) is 6.98. The summed E-state index contributed by atoms with van der Waals surface area (Å²) in [6.45, 7) is 2.64. The van der Waals surface area contributed by atoms with Gasteiger partial charge in [0.2, 0.25) is 0 Å². The van der Waals surface area contributed by atoms with Crippen molar-refractivity contribution in [2.24, 2.45) is 7.05 Å². The minimum absolute atomic E-state index is 0.357. The molecule has 0 saturated heterocycles. The fraction of sp³-hybridized carbons (Fsp3) is 0.600. The minimum atomic E-state index is -0.357. The molecular weight excluding hydrogens is 242 g/mol. The van der Waals surface area contributed by atoms with Gasteiger partial charge in [-0.1, -0.05) is 39.0 Å². The Labute approximate surface area is 114 Å². The molecule has 1 aromatic heterocycles. The Hall–Kier alpha value is -1.58. The molecule has 0 saturated carbocycles. The van der Waals surface area contributed by atoms with Crippen molar-refractivity contribution in [1.29, 1.82) is 0 Å². The highest BCUT2D eigenvalue weighted by Crippen LogP contribution is 2.09. The fourth-order valence-electron chi connectivity index (χ4n) is 1.97. The zero-order valence-electron chi connectivity index (χ0n) is 11.9. The highest BCUT2D eigenvalue weighted by molar-refractivity contribution is 5.89. The lowest BCUT2D eigenvalue weighted by Gasteiger charge is -2.06. The van der Waals surface area contributed by atoms with E-state index < -0.39 is 0 Å². The number of hydrogen-bond donors (Lipinski definition) is 0. The van der Waals surface area contributed by atoms with Crippen LogP contribution in [-0.2, 0) is 11.8 Å². The average molecular weight is 265 g/mol. The quantitative estimate of drug-likeness (QED) is 0.391. The second-order valence-corrected chi connectivity index (χ2v) is 4.72. The highest BCUT2D eigenvalue weighted by Gasteiger charge is 2.13. The lowest BCUT2D eigenvalue weighted by atomic mass is 10.1. The summed E-state index contributed by atoms with van der Waals surface area (Å²) < 4.78 is 6.75. The van der Waals surface area contributed by atoms with Gasteiger partial charge in [0.1, 0.15) is 5.69 Å². The van der Waals surface area contributed by atoms with Crippen LogP contribution in [0.4, 0.5) is 0 Å². The average Bonchev–Trinajstić information content (AvgIpc) is 2.78. The molecule has 0 bridgehead atoms. The molecule has 0 aliphatic rings. The molecule has 4 nitrogen and oxygen atoms in total. The zero-order valence-corrected chi connectivity index (χ0v) is 11.9. The maximum absolute atomic E-state index is 11.8. The van der Waals surface area contributed by atoms with Gasteiger partial charge >= 0.3 is 5.97 Å². The molecule has 0 atom stereocenters. The molecule has 1 rings (SSSR count). The van der Waals surface area contributed by atoms with Crippen molar-refractivity contribution in [2.75, 3.05) is 6.61 Å². The van der Waals surface area contributed by atoms with E-state index in [4.69, 9.17) is 4.74 Å². The van der Waals surface area contributed by atoms with Crippen molar-refractivity contribution in [2.45, 2.75) is 45.4 Å². The van der Waals surface area contributed by atoms with Gasteiger partial charge in [0.15, 0.2) is 6.29 Å². The third kappa shape index (κ3) is 4.89. The second-order valence-electron chi connectivity index (χ2n) is 4.72. The van der Waals surface area contributed by atoms with Gasteiger partial charge in [-0.2, -0.15) is 0 Å². The van der Waals surface area contributed by atoms with E-state index in [1.54, 1.807) is 23.7 Å². The number of carbonyl (C=O) groups is 2. The maximum atomic E-state index is 11.8. The number of carbonyl (C=O) groups excluding carboxylic acids is 2. The maximum Gasteiger partial charge on any atom is 0.354 e. The van der Waals surface area contributed by atoms with Crippen LogP contribution in [0, 0.1) is 0 Å². The van der Waals surface area contributed by atoms with Crippen molar-refractivity contribution in [3.05, 3.63) is 23.5 Å². The Bertz CT molecular complexity index is 410. The fourth-order valence-corrected chi connectivity index (χ4v) is 1.97. The Morgan fingerprint density at radius 1 is 1.21 bits per heavy atom. The molecule has 1 heterocycles. The second kappa shape index (κ2) is 8.51. The summed E-state index contributed by atoms with van der Waals surface area (Å²) in [6, 6.07) is 3.24. The number of hydrogen-bond acceptors (Lipinski definition) is 3. The molecule has 4 heteroatoms. The molecular formula is C15H23NO3. The van der Waals surface area contributed by atoms with Gasteiger partial charge < -0.3 is 9.30 Å². The van der Waals surface area contributed by atoms with E-state index in [0.29, 0.717) is 18.0 Å². The summed E-state index contributed by atoms with van der Waals surface area (Å²) in [4.78, 5) is 22.4. The van der Waals surface area contributed by atoms with E-state index in [0.717, 1.165) is 19.1 Å². The molecule has 0 aliphatic heterocycles. The summed E-state index contributed by atoms with van der Waals surface area (Å²) in [5, 5.41) is 0. The number of aromatic nitrogens is 1.